The van der Waals surface area contributed by atoms with Crippen LogP contribution in [0.4, 0.5) is 8.78 Å². The highest BCUT2D eigenvalue weighted by atomic mass is 32.2. The first-order valence-corrected chi connectivity index (χ1v) is 12.6. The van der Waals surface area contributed by atoms with Gasteiger partial charge in [-0.3, -0.25) is 4.79 Å². The van der Waals surface area contributed by atoms with Gasteiger partial charge in [-0.05, 0) is 65.9 Å². The Kier molecular flexibility index (Phi) is 6.12. The zero-order chi connectivity index (χ0) is 24.6. The molecular formula is C26H22F2N2O4S. The van der Waals surface area contributed by atoms with Crippen LogP contribution in [0.15, 0.2) is 82.3 Å². The molecule has 0 radical (unpaired) electrons. The first-order valence-electron chi connectivity index (χ1n) is 11.1. The minimum atomic E-state index is -4.08. The van der Waals surface area contributed by atoms with Gasteiger partial charge in [0.25, 0.3) is 10.0 Å². The summed E-state index contributed by atoms with van der Waals surface area (Å²) in [5, 5.41) is 2.85. The number of rotatable bonds is 6. The van der Waals surface area contributed by atoms with E-state index in [0.717, 1.165) is 21.0 Å². The standard InChI is InChI=1S/C26H22F2N2O4S/c27-21-8-6-18(7-9-21)19-4-1-3-17(13-19)16-29-26(31)23-5-2-12-30(23)35(32,33)25-15-20-14-22(28)10-11-24(20)34-25/h1,3-4,6-11,13-15,23H,2,5,12,16H2,(H,29,31). The zero-order valence-corrected chi connectivity index (χ0v) is 19.4. The summed E-state index contributed by atoms with van der Waals surface area (Å²) in [5.74, 6) is -1.22. The minimum Gasteiger partial charge on any atom is -0.443 e. The van der Waals surface area contributed by atoms with Crippen LogP contribution < -0.4 is 5.32 Å². The van der Waals surface area contributed by atoms with Crippen LogP contribution in [0.3, 0.4) is 0 Å². The molecule has 2 heterocycles. The molecule has 35 heavy (non-hydrogen) atoms. The van der Waals surface area contributed by atoms with Gasteiger partial charge in [0.15, 0.2) is 0 Å². The molecule has 1 N–H and O–H groups in total. The number of nitrogens with zero attached hydrogens (tertiary/aromatic N) is 1. The van der Waals surface area contributed by atoms with Crippen molar-refractivity contribution in [3.8, 4) is 11.1 Å². The first-order chi connectivity index (χ1) is 16.8. The highest BCUT2D eigenvalue weighted by molar-refractivity contribution is 7.89. The van der Waals surface area contributed by atoms with E-state index in [2.05, 4.69) is 5.32 Å². The van der Waals surface area contributed by atoms with Gasteiger partial charge in [-0.15, -0.1) is 0 Å². The SMILES string of the molecule is O=C(NCc1cccc(-c2ccc(F)cc2)c1)C1CCCN1S(=O)(=O)c1cc2cc(F)ccc2o1. The fraction of sp³-hybridized carbons (Fsp3) is 0.192. The second-order valence-corrected chi connectivity index (χ2v) is 10.3. The van der Waals surface area contributed by atoms with Gasteiger partial charge < -0.3 is 9.73 Å². The van der Waals surface area contributed by atoms with Crippen LogP contribution >= 0.6 is 0 Å². The highest BCUT2D eigenvalue weighted by Crippen LogP contribution is 2.30. The van der Waals surface area contributed by atoms with Crippen molar-refractivity contribution in [1.29, 1.82) is 0 Å². The third kappa shape index (κ3) is 4.69. The van der Waals surface area contributed by atoms with E-state index in [-0.39, 0.29) is 29.6 Å². The average Bonchev–Trinajstić information content (AvgIpc) is 3.51. The van der Waals surface area contributed by atoms with Crippen molar-refractivity contribution in [2.24, 2.45) is 0 Å². The zero-order valence-electron chi connectivity index (χ0n) is 18.6. The van der Waals surface area contributed by atoms with Gasteiger partial charge in [0.2, 0.25) is 11.0 Å². The summed E-state index contributed by atoms with van der Waals surface area (Å²) in [6.45, 7) is 0.397. The molecule has 5 rings (SSSR count). The lowest BCUT2D eigenvalue weighted by Gasteiger charge is -2.22. The lowest BCUT2D eigenvalue weighted by atomic mass is 10.0. The van der Waals surface area contributed by atoms with Crippen molar-refractivity contribution in [2.45, 2.75) is 30.5 Å². The van der Waals surface area contributed by atoms with Crippen molar-refractivity contribution in [3.63, 3.8) is 0 Å². The number of furan rings is 1. The topological polar surface area (TPSA) is 79.6 Å². The van der Waals surface area contributed by atoms with Crippen LogP contribution in [-0.2, 0) is 21.4 Å². The van der Waals surface area contributed by atoms with Crippen LogP contribution in [0.5, 0.6) is 0 Å². The Balaban J connectivity index is 1.30. The number of amides is 1. The van der Waals surface area contributed by atoms with Gasteiger partial charge in [0.1, 0.15) is 23.3 Å². The molecule has 180 valence electrons. The van der Waals surface area contributed by atoms with Crippen molar-refractivity contribution >= 4 is 26.9 Å². The average molecular weight is 497 g/mol. The van der Waals surface area contributed by atoms with Gasteiger partial charge in [-0.2, -0.15) is 4.31 Å². The Labute approximate surface area is 201 Å². The van der Waals surface area contributed by atoms with E-state index in [4.69, 9.17) is 4.42 Å². The summed E-state index contributed by atoms with van der Waals surface area (Å²) in [7, 11) is -4.08. The van der Waals surface area contributed by atoms with E-state index >= 15 is 0 Å². The summed E-state index contributed by atoms with van der Waals surface area (Å²) in [5.41, 5.74) is 2.81. The van der Waals surface area contributed by atoms with Crippen molar-refractivity contribution in [3.05, 3.63) is 90.0 Å². The monoisotopic (exact) mass is 496 g/mol. The summed E-state index contributed by atoms with van der Waals surface area (Å²) < 4.78 is 59.8. The molecule has 0 aliphatic carbocycles. The highest BCUT2D eigenvalue weighted by Gasteiger charge is 2.41. The molecule has 3 aromatic carbocycles. The lowest BCUT2D eigenvalue weighted by Crippen LogP contribution is -2.45. The number of carbonyl (C=O) groups excluding carboxylic acids is 1. The molecule has 0 bridgehead atoms. The van der Waals surface area contributed by atoms with Crippen molar-refractivity contribution < 1.29 is 26.4 Å². The molecule has 0 spiro atoms. The van der Waals surface area contributed by atoms with Crippen LogP contribution in [0, 0.1) is 11.6 Å². The number of carbonyl (C=O) groups is 1. The third-order valence-electron chi connectivity index (χ3n) is 6.10. The number of hydrogen-bond donors (Lipinski definition) is 1. The summed E-state index contributed by atoms with van der Waals surface area (Å²) in [6.07, 6.45) is 0.918. The largest absolute Gasteiger partial charge is 0.443 e. The molecule has 1 atom stereocenters. The fourth-order valence-corrected chi connectivity index (χ4v) is 5.94. The van der Waals surface area contributed by atoms with Crippen molar-refractivity contribution in [1.82, 2.24) is 9.62 Å². The van der Waals surface area contributed by atoms with E-state index in [1.807, 2.05) is 24.3 Å². The van der Waals surface area contributed by atoms with Gasteiger partial charge in [0.05, 0.1) is 0 Å². The predicted molar refractivity (Wildman–Crippen MR) is 127 cm³/mol. The molecular weight excluding hydrogens is 474 g/mol. The van der Waals surface area contributed by atoms with Gasteiger partial charge in [0, 0.05) is 24.5 Å². The number of benzene rings is 3. The second kappa shape index (κ2) is 9.24. The summed E-state index contributed by atoms with van der Waals surface area (Å²) in [4.78, 5) is 13.0. The Hall–Kier alpha value is -3.56. The Morgan fingerprint density at radius 2 is 1.74 bits per heavy atom. The molecule has 1 aliphatic heterocycles. The Morgan fingerprint density at radius 3 is 2.54 bits per heavy atom. The predicted octanol–water partition coefficient (Wildman–Crippen LogP) is 4.85. The molecule has 1 amide bonds. The van der Waals surface area contributed by atoms with Crippen LogP contribution in [-0.4, -0.2) is 31.2 Å². The number of halogens is 2. The fourth-order valence-electron chi connectivity index (χ4n) is 4.33. The van der Waals surface area contributed by atoms with E-state index in [0.29, 0.717) is 18.2 Å². The molecule has 1 aromatic heterocycles. The van der Waals surface area contributed by atoms with E-state index in [1.54, 1.807) is 12.1 Å². The Bertz CT molecular complexity index is 1500. The third-order valence-corrected chi connectivity index (χ3v) is 7.86. The molecule has 1 fully saturated rings. The maximum Gasteiger partial charge on any atom is 0.277 e. The quantitative estimate of drug-likeness (QED) is 0.414. The number of sulfonamides is 1. The number of nitrogens with one attached hydrogen (secondary N) is 1. The van der Waals surface area contributed by atoms with E-state index in [9.17, 15) is 22.0 Å². The van der Waals surface area contributed by atoms with Gasteiger partial charge >= 0.3 is 0 Å². The van der Waals surface area contributed by atoms with Crippen molar-refractivity contribution in [2.75, 3.05) is 6.54 Å². The van der Waals surface area contributed by atoms with E-state index < -0.39 is 27.8 Å². The lowest BCUT2D eigenvalue weighted by molar-refractivity contribution is -0.124. The molecule has 6 nitrogen and oxygen atoms in total. The number of fused-ring (bicyclic) bond motifs is 1. The second-order valence-electron chi connectivity index (χ2n) is 8.45. The molecule has 0 saturated carbocycles. The summed E-state index contributed by atoms with van der Waals surface area (Å²) in [6, 6.07) is 17.8. The van der Waals surface area contributed by atoms with Gasteiger partial charge in [-0.25, -0.2) is 17.2 Å². The van der Waals surface area contributed by atoms with Crippen LogP contribution in [0.1, 0.15) is 18.4 Å². The molecule has 9 heteroatoms. The first kappa shape index (κ1) is 23.2. The molecule has 1 saturated heterocycles. The maximum atomic E-state index is 13.5. The van der Waals surface area contributed by atoms with Gasteiger partial charge in [-0.1, -0.05) is 30.3 Å². The van der Waals surface area contributed by atoms with Crippen LogP contribution in [0.2, 0.25) is 0 Å². The normalized spacial score (nSPS) is 16.6. The smallest absolute Gasteiger partial charge is 0.277 e. The molecule has 1 unspecified atom stereocenters. The Morgan fingerprint density at radius 1 is 0.971 bits per heavy atom. The molecule has 4 aromatic rings. The van der Waals surface area contributed by atoms with Crippen LogP contribution in [0.25, 0.3) is 22.1 Å². The number of hydrogen-bond acceptors (Lipinski definition) is 4. The maximum absolute atomic E-state index is 13.5. The minimum absolute atomic E-state index is 0.186. The summed E-state index contributed by atoms with van der Waals surface area (Å²) >= 11 is 0. The molecule has 1 aliphatic rings. The van der Waals surface area contributed by atoms with E-state index in [1.165, 1.54) is 36.4 Å².